The quantitative estimate of drug-likeness (QED) is 0.619. The highest BCUT2D eigenvalue weighted by Gasteiger charge is 2.21. The van der Waals surface area contributed by atoms with Crippen molar-refractivity contribution in [1.29, 1.82) is 0 Å². The number of benzene rings is 1. The van der Waals surface area contributed by atoms with E-state index in [1.54, 1.807) is 23.5 Å². The lowest BCUT2D eigenvalue weighted by Gasteiger charge is -2.31. The molecule has 0 spiro atoms. The molecule has 2 aromatic rings. The molecule has 0 saturated carbocycles. The molecule has 0 N–H and O–H groups in total. The lowest BCUT2D eigenvalue weighted by molar-refractivity contribution is -0.384. The number of aryl methyl sites for hydroxylation is 1. The van der Waals surface area contributed by atoms with Crippen molar-refractivity contribution in [2.45, 2.75) is 32.4 Å². The summed E-state index contributed by atoms with van der Waals surface area (Å²) in [7, 11) is 0. The van der Waals surface area contributed by atoms with Crippen LogP contribution in [-0.2, 0) is 6.54 Å². The molecule has 122 valence electrons. The van der Waals surface area contributed by atoms with Crippen LogP contribution in [0, 0.1) is 17.0 Å². The number of non-ortho nitro benzene ring substituents is 1. The van der Waals surface area contributed by atoms with Gasteiger partial charge < -0.3 is 4.74 Å². The van der Waals surface area contributed by atoms with Crippen molar-refractivity contribution in [1.82, 2.24) is 9.88 Å². The van der Waals surface area contributed by atoms with E-state index in [1.165, 1.54) is 17.0 Å². The third-order valence-corrected chi connectivity index (χ3v) is 5.02. The summed E-state index contributed by atoms with van der Waals surface area (Å²) in [6.07, 6.45) is 2.11. The highest BCUT2D eigenvalue weighted by Crippen LogP contribution is 2.23. The Morgan fingerprint density at radius 1 is 1.35 bits per heavy atom. The fourth-order valence-electron chi connectivity index (χ4n) is 2.71. The fraction of sp³-hybridized carbons (Fsp3) is 0.438. The molecule has 1 fully saturated rings. The van der Waals surface area contributed by atoms with Gasteiger partial charge >= 0.3 is 0 Å². The summed E-state index contributed by atoms with van der Waals surface area (Å²) >= 11 is 1.71. The third kappa shape index (κ3) is 4.05. The van der Waals surface area contributed by atoms with Crippen molar-refractivity contribution in [3.8, 4) is 5.75 Å². The van der Waals surface area contributed by atoms with E-state index < -0.39 is 4.92 Å². The molecule has 7 heteroatoms. The Morgan fingerprint density at radius 2 is 2.04 bits per heavy atom. The maximum atomic E-state index is 10.6. The molecule has 1 aromatic heterocycles. The van der Waals surface area contributed by atoms with Crippen molar-refractivity contribution in [3.63, 3.8) is 0 Å². The Morgan fingerprint density at radius 3 is 2.61 bits per heavy atom. The van der Waals surface area contributed by atoms with E-state index in [9.17, 15) is 10.1 Å². The number of nitro groups is 1. The maximum Gasteiger partial charge on any atom is 0.269 e. The van der Waals surface area contributed by atoms with E-state index in [0.29, 0.717) is 5.75 Å². The monoisotopic (exact) mass is 333 g/mol. The molecular formula is C16H19N3O3S. The minimum atomic E-state index is -0.399. The molecule has 3 rings (SSSR count). The topological polar surface area (TPSA) is 68.5 Å². The van der Waals surface area contributed by atoms with Gasteiger partial charge in [0.25, 0.3) is 5.69 Å². The predicted octanol–water partition coefficient (Wildman–Crippen LogP) is 3.40. The molecule has 0 amide bonds. The van der Waals surface area contributed by atoms with Crippen molar-refractivity contribution >= 4 is 17.0 Å². The summed E-state index contributed by atoms with van der Waals surface area (Å²) in [5.41, 5.74) is 3.11. The van der Waals surface area contributed by atoms with E-state index in [0.717, 1.165) is 38.2 Å². The minimum absolute atomic E-state index is 0.0899. The van der Waals surface area contributed by atoms with Crippen molar-refractivity contribution < 1.29 is 9.66 Å². The molecule has 6 nitrogen and oxygen atoms in total. The number of nitrogens with zero attached hydrogens (tertiary/aromatic N) is 3. The number of aromatic nitrogens is 1. The second-order valence-corrected chi connectivity index (χ2v) is 6.64. The Bertz CT molecular complexity index is 663. The summed E-state index contributed by atoms with van der Waals surface area (Å²) in [6.45, 7) is 5.00. The Labute approximate surface area is 138 Å². The summed E-state index contributed by atoms with van der Waals surface area (Å²) in [5, 5.41) is 10.6. The van der Waals surface area contributed by atoms with Crippen LogP contribution in [0.3, 0.4) is 0 Å². The maximum absolute atomic E-state index is 10.6. The number of hydrogen-bond donors (Lipinski definition) is 0. The smallest absolute Gasteiger partial charge is 0.269 e. The van der Waals surface area contributed by atoms with Gasteiger partial charge in [0.05, 0.1) is 16.1 Å². The molecule has 0 radical (unpaired) electrons. The number of piperidine rings is 1. The molecule has 2 heterocycles. The van der Waals surface area contributed by atoms with E-state index in [2.05, 4.69) is 16.8 Å². The lowest BCUT2D eigenvalue weighted by Crippen LogP contribution is -2.37. The average molecular weight is 333 g/mol. The fourth-order valence-corrected chi connectivity index (χ4v) is 3.52. The second kappa shape index (κ2) is 7.06. The second-order valence-electron chi connectivity index (χ2n) is 5.71. The van der Waals surface area contributed by atoms with Crippen LogP contribution < -0.4 is 4.74 Å². The molecule has 23 heavy (non-hydrogen) atoms. The van der Waals surface area contributed by atoms with Gasteiger partial charge in [-0.15, -0.1) is 11.3 Å². The zero-order valence-electron chi connectivity index (χ0n) is 13.0. The van der Waals surface area contributed by atoms with Crippen LogP contribution in [0.2, 0.25) is 0 Å². The molecule has 0 unspecified atom stereocenters. The SMILES string of the molecule is Cc1ncsc1CN1CCC(Oc2ccc([N+](=O)[O-])cc2)CC1. The van der Waals surface area contributed by atoms with Crippen LogP contribution in [-0.4, -0.2) is 34.0 Å². The summed E-state index contributed by atoms with van der Waals surface area (Å²) in [5.74, 6) is 0.701. The van der Waals surface area contributed by atoms with Crippen molar-refractivity contribution in [2.24, 2.45) is 0 Å². The summed E-state index contributed by atoms with van der Waals surface area (Å²) in [4.78, 5) is 18.3. The van der Waals surface area contributed by atoms with Gasteiger partial charge in [0.2, 0.25) is 0 Å². The predicted molar refractivity (Wildman–Crippen MR) is 88.9 cm³/mol. The summed E-state index contributed by atoms with van der Waals surface area (Å²) < 4.78 is 5.94. The standard InChI is InChI=1S/C16H19N3O3S/c1-12-16(23-11-17-12)10-18-8-6-15(7-9-18)22-14-4-2-13(3-5-14)19(20)21/h2-5,11,15H,6-10H2,1H3. The zero-order valence-corrected chi connectivity index (χ0v) is 13.8. The first-order chi connectivity index (χ1) is 11.1. The van der Waals surface area contributed by atoms with Gasteiger partial charge in [-0.05, 0) is 31.9 Å². The van der Waals surface area contributed by atoms with Crippen molar-refractivity contribution in [2.75, 3.05) is 13.1 Å². The number of ether oxygens (including phenoxy) is 1. The molecule has 1 saturated heterocycles. The van der Waals surface area contributed by atoms with Crippen LogP contribution >= 0.6 is 11.3 Å². The highest BCUT2D eigenvalue weighted by molar-refractivity contribution is 7.09. The van der Waals surface area contributed by atoms with Gasteiger partial charge in [-0.3, -0.25) is 15.0 Å². The van der Waals surface area contributed by atoms with Gasteiger partial charge in [-0.1, -0.05) is 0 Å². The van der Waals surface area contributed by atoms with Gasteiger partial charge in [0.1, 0.15) is 11.9 Å². The average Bonchev–Trinajstić information content (AvgIpc) is 2.95. The first kappa shape index (κ1) is 15.9. The van der Waals surface area contributed by atoms with Crippen LogP contribution in [0.1, 0.15) is 23.4 Å². The molecule has 0 atom stereocenters. The number of rotatable bonds is 5. The minimum Gasteiger partial charge on any atom is -0.490 e. The number of hydrogen-bond acceptors (Lipinski definition) is 6. The van der Waals surface area contributed by atoms with E-state index in [-0.39, 0.29) is 11.8 Å². The molecule has 1 aromatic carbocycles. The molecule has 0 bridgehead atoms. The van der Waals surface area contributed by atoms with E-state index in [1.807, 2.05) is 5.51 Å². The Hall–Kier alpha value is -1.99. The van der Waals surface area contributed by atoms with E-state index in [4.69, 9.17) is 4.74 Å². The van der Waals surface area contributed by atoms with Gasteiger partial charge in [-0.25, -0.2) is 4.98 Å². The first-order valence-electron chi connectivity index (χ1n) is 7.64. The number of thiazole rings is 1. The number of likely N-dealkylation sites (tertiary alicyclic amines) is 1. The number of nitro benzene ring substituents is 1. The lowest BCUT2D eigenvalue weighted by atomic mass is 10.1. The zero-order chi connectivity index (χ0) is 16.2. The first-order valence-corrected chi connectivity index (χ1v) is 8.52. The summed E-state index contributed by atoms with van der Waals surface area (Å²) in [6, 6.07) is 6.31. The van der Waals surface area contributed by atoms with Crippen LogP contribution in [0.4, 0.5) is 5.69 Å². The van der Waals surface area contributed by atoms with Gasteiger partial charge in [-0.2, -0.15) is 0 Å². The Balaban J connectivity index is 1.49. The third-order valence-electron chi connectivity index (χ3n) is 4.10. The molecule has 1 aliphatic heterocycles. The van der Waals surface area contributed by atoms with Gasteiger partial charge in [0.15, 0.2) is 0 Å². The van der Waals surface area contributed by atoms with Crippen LogP contribution in [0.15, 0.2) is 29.8 Å². The normalized spacial score (nSPS) is 16.4. The van der Waals surface area contributed by atoms with Crippen LogP contribution in [0.5, 0.6) is 5.75 Å². The highest BCUT2D eigenvalue weighted by atomic mass is 32.1. The molecular weight excluding hydrogens is 314 g/mol. The van der Waals surface area contributed by atoms with Crippen LogP contribution in [0.25, 0.3) is 0 Å². The van der Waals surface area contributed by atoms with Crippen molar-refractivity contribution in [3.05, 3.63) is 50.5 Å². The molecule has 1 aliphatic rings. The molecule has 0 aliphatic carbocycles. The largest absolute Gasteiger partial charge is 0.490 e. The Kier molecular flexibility index (Phi) is 4.88. The van der Waals surface area contributed by atoms with E-state index >= 15 is 0 Å². The van der Waals surface area contributed by atoms with Gasteiger partial charge in [0, 0.05) is 36.6 Å².